The SMILES string of the molecule is CCC(C)C(CC(C)S)C(C)CC. The van der Waals surface area contributed by atoms with Crippen LogP contribution in [0, 0.1) is 17.8 Å². The van der Waals surface area contributed by atoms with Gasteiger partial charge in [-0.15, -0.1) is 0 Å². The van der Waals surface area contributed by atoms with E-state index in [1.54, 1.807) is 0 Å². The fraction of sp³-hybridized carbons (Fsp3) is 1.00. The molecule has 0 spiro atoms. The van der Waals surface area contributed by atoms with Crippen molar-refractivity contribution in [2.24, 2.45) is 17.8 Å². The van der Waals surface area contributed by atoms with E-state index in [0.29, 0.717) is 5.25 Å². The van der Waals surface area contributed by atoms with E-state index in [9.17, 15) is 0 Å². The Hall–Kier alpha value is 0.350. The lowest BCUT2D eigenvalue weighted by Crippen LogP contribution is -2.21. The number of hydrogen-bond donors (Lipinski definition) is 1. The quantitative estimate of drug-likeness (QED) is 0.606. The van der Waals surface area contributed by atoms with Crippen LogP contribution >= 0.6 is 12.6 Å². The van der Waals surface area contributed by atoms with Crippen molar-refractivity contribution in [3.63, 3.8) is 0 Å². The van der Waals surface area contributed by atoms with Gasteiger partial charge in [0, 0.05) is 0 Å². The number of thiol groups is 1. The van der Waals surface area contributed by atoms with E-state index in [2.05, 4.69) is 47.2 Å². The zero-order chi connectivity index (χ0) is 10.4. The summed E-state index contributed by atoms with van der Waals surface area (Å²) < 4.78 is 0. The summed E-state index contributed by atoms with van der Waals surface area (Å²) in [5.41, 5.74) is 0. The standard InChI is InChI=1S/C12H26S/c1-6-9(3)12(8-11(5)13)10(4)7-2/h9-13H,6-8H2,1-5H3. The fourth-order valence-electron chi connectivity index (χ4n) is 2.02. The minimum absolute atomic E-state index is 0.549. The van der Waals surface area contributed by atoms with Crippen molar-refractivity contribution in [1.82, 2.24) is 0 Å². The van der Waals surface area contributed by atoms with Gasteiger partial charge in [0.1, 0.15) is 0 Å². The Labute approximate surface area is 89.9 Å². The predicted molar refractivity (Wildman–Crippen MR) is 65.5 cm³/mol. The van der Waals surface area contributed by atoms with E-state index in [1.807, 2.05) is 0 Å². The molecule has 0 fully saturated rings. The van der Waals surface area contributed by atoms with Gasteiger partial charge in [-0.05, 0) is 29.4 Å². The van der Waals surface area contributed by atoms with Gasteiger partial charge in [0.15, 0.2) is 0 Å². The normalized spacial score (nSPS) is 20.8. The highest BCUT2D eigenvalue weighted by molar-refractivity contribution is 7.80. The zero-order valence-corrected chi connectivity index (χ0v) is 10.8. The summed E-state index contributed by atoms with van der Waals surface area (Å²) >= 11 is 4.50. The largest absolute Gasteiger partial charge is 0.176 e. The smallest absolute Gasteiger partial charge is 0.000875 e. The lowest BCUT2D eigenvalue weighted by molar-refractivity contribution is 0.228. The number of rotatable bonds is 6. The Balaban J connectivity index is 4.17. The van der Waals surface area contributed by atoms with Crippen LogP contribution in [-0.4, -0.2) is 5.25 Å². The third-order valence-electron chi connectivity index (χ3n) is 3.36. The molecular weight excluding hydrogens is 176 g/mol. The molecule has 80 valence electrons. The highest BCUT2D eigenvalue weighted by Gasteiger charge is 2.22. The van der Waals surface area contributed by atoms with Crippen molar-refractivity contribution in [2.45, 2.75) is 59.1 Å². The molecule has 0 N–H and O–H groups in total. The van der Waals surface area contributed by atoms with Gasteiger partial charge >= 0.3 is 0 Å². The molecule has 1 heteroatoms. The molecule has 3 atom stereocenters. The second-order valence-corrected chi connectivity index (χ2v) is 5.40. The van der Waals surface area contributed by atoms with Crippen molar-refractivity contribution in [2.75, 3.05) is 0 Å². The Morgan fingerprint density at radius 1 is 0.923 bits per heavy atom. The molecule has 0 nitrogen and oxygen atoms in total. The van der Waals surface area contributed by atoms with Gasteiger partial charge in [0.05, 0.1) is 0 Å². The molecule has 0 aromatic carbocycles. The van der Waals surface area contributed by atoms with Gasteiger partial charge in [-0.25, -0.2) is 0 Å². The molecule has 0 rings (SSSR count). The van der Waals surface area contributed by atoms with E-state index < -0.39 is 0 Å². The van der Waals surface area contributed by atoms with E-state index in [4.69, 9.17) is 0 Å². The first-order valence-electron chi connectivity index (χ1n) is 5.70. The molecule has 0 amide bonds. The van der Waals surface area contributed by atoms with Crippen LogP contribution in [0.3, 0.4) is 0 Å². The van der Waals surface area contributed by atoms with Crippen LogP contribution in [0.1, 0.15) is 53.9 Å². The van der Waals surface area contributed by atoms with Gasteiger partial charge in [0.2, 0.25) is 0 Å². The summed E-state index contributed by atoms with van der Waals surface area (Å²) in [6.45, 7) is 11.6. The van der Waals surface area contributed by atoms with Crippen LogP contribution < -0.4 is 0 Å². The zero-order valence-electron chi connectivity index (χ0n) is 9.88. The summed E-state index contributed by atoms with van der Waals surface area (Å²) in [6.07, 6.45) is 3.87. The molecular formula is C12H26S. The van der Waals surface area contributed by atoms with Gasteiger partial charge in [-0.1, -0.05) is 47.5 Å². The first kappa shape index (κ1) is 13.4. The Morgan fingerprint density at radius 2 is 1.31 bits per heavy atom. The summed E-state index contributed by atoms with van der Waals surface area (Å²) in [5.74, 6) is 2.57. The third-order valence-corrected chi connectivity index (χ3v) is 3.57. The molecule has 0 aromatic heterocycles. The monoisotopic (exact) mass is 202 g/mol. The maximum atomic E-state index is 4.50. The molecule has 0 aliphatic carbocycles. The second-order valence-electron chi connectivity index (χ2n) is 4.52. The minimum Gasteiger partial charge on any atom is -0.176 e. The molecule has 0 radical (unpaired) electrons. The van der Waals surface area contributed by atoms with E-state index in [1.165, 1.54) is 19.3 Å². The van der Waals surface area contributed by atoms with E-state index in [0.717, 1.165) is 17.8 Å². The van der Waals surface area contributed by atoms with Crippen molar-refractivity contribution >= 4 is 12.6 Å². The van der Waals surface area contributed by atoms with Crippen LogP contribution in [-0.2, 0) is 0 Å². The Morgan fingerprint density at radius 3 is 1.54 bits per heavy atom. The lowest BCUT2D eigenvalue weighted by atomic mass is 9.78. The van der Waals surface area contributed by atoms with Gasteiger partial charge in [0.25, 0.3) is 0 Å². The molecule has 0 aliphatic heterocycles. The molecule has 0 aliphatic rings. The lowest BCUT2D eigenvalue weighted by Gasteiger charge is -2.29. The first-order chi connectivity index (χ1) is 6.02. The average Bonchev–Trinajstić information content (AvgIpc) is 2.11. The minimum atomic E-state index is 0.549. The summed E-state index contributed by atoms with van der Waals surface area (Å²) in [4.78, 5) is 0. The summed E-state index contributed by atoms with van der Waals surface area (Å²) in [7, 11) is 0. The van der Waals surface area contributed by atoms with Crippen molar-refractivity contribution < 1.29 is 0 Å². The van der Waals surface area contributed by atoms with Crippen LogP contribution in [0.4, 0.5) is 0 Å². The molecule has 0 saturated heterocycles. The Bertz CT molecular complexity index is 110. The third kappa shape index (κ3) is 4.95. The van der Waals surface area contributed by atoms with Crippen LogP contribution in [0.5, 0.6) is 0 Å². The highest BCUT2D eigenvalue weighted by Crippen LogP contribution is 2.31. The van der Waals surface area contributed by atoms with Crippen molar-refractivity contribution in [1.29, 1.82) is 0 Å². The van der Waals surface area contributed by atoms with Crippen LogP contribution in [0.25, 0.3) is 0 Å². The molecule has 3 unspecified atom stereocenters. The average molecular weight is 202 g/mol. The molecule has 0 heterocycles. The van der Waals surface area contributed by atoms with Crippen molar-refractivity contribution in [3.8, 4) is 0 Å². The van der Waals surface area contributed by atoms with Crippen molar-refractivity contribution in [3.05, 3.63) is 0 Å². The molecule has 0 bridgehead atoms. The van der Waals surface area contributed by atoms with Gasteiger partial charge in [-0.3, -0.25) is 0 Å². The summed E-state index contributed by atoms with van der Waals surface area (Å²) in [6, 6.07) is 0. The maximum absolute atomic E-state index is 4.50. The van der Waals surface area contributed by atoms with E-state index >= 15 is 0 Å². The van der Waals surface area contributed by atoms with Gasteiger partial charge in [-0.2, -0.15) is 12.6 Å². The molecule has 0 saturated carbocycles. The van der Waals surface area contributed by atoms with Gasteiger partial charge < -0.3 is 0 Å². The Kier molecular flexibility index (Phi) is 6.93. The summed E-state index contributed by atoms with van der Waals surface area (Å²) in [5, 5.41) is 0.549. The second kappa shape index (κ2) is 6.75. The fourth-order valence-corrected chi connectivity index (χ4v) is 2.27. The molecule has 13 heavy (non-hydrogen) atoms. The van der Waals surface area contributed by atoms with Crippen LogP contribution in [0.2, 0.25) is 0 Å². The van der Waals surface area contributed by atoms with Crippen LogP contribution in [0.15, 0.2) is 0 Å². The van der Waals surface area contributed by atoms with E-state index in [-0.39, 0.29) is 0 Å². The molecule has 0 aromatic rings. The number of hydrogen-bond acceptors (Lipinski definition) is 1. The first-order valence-corrected chi connectivity index (χ1v) is 6.22. The highest BCUT2D eigenvalue weighted by atomic mass is 32.1. The maximum Gasteiger partial charge on any atom is -0.000875 e. The topological polar surface area (TPSA) is 0 Å². The predicted octanol–water partition coefficient (Wildman–Crippen LogP) is 4.40.